The Morgan fingerprint density at radius 2 is 2.04 bits per heavy atom. The summed E-state index contributed by atoms with van der Waals surface area (Å²) in [5, 5.41) is 3.51. The lowest BCUT2D eigenvalue weighted by Crippen LogP contribution is -2.35. The highest BCUT2D eigenvalue weighted by Gasteiger charge is 2.14. The van der Waals surface area contributed by atoms with Crippen LogP contribution in [0.2, 0.25) is 0 Å². The lowest BCUT2D eigenvalue weighted by atomic mass is 10.1. The standard InChI is InChI=1S/C21H26N4O2/c1-4-11-24(5-2)13-10-22-20(26)17-7-6-12-25-19(17)23-18-14-15(3)8-9-16(18)21(25)27/h6-9,12,14H,4-5,10-11,13H2,1-3H3,(H,22,26). The molecule has 142 valence electrons. The highest BCUT2D eigenvalue weighted by atomic mass is 16.2. The molecule has 3 aromatic rings. The number of fused-ring (bicyclic) bond motifs is 2. The Labute approximate surface area is 158 Å². The lowest BCUT2D eigenvalue weighted by molar-refractivity contribution is 0.0949. The number of nitrogens with zero attached hydrogens (tertiary/aromatic N) is 3. The van der Waals surface area contributed by atoms with Crippen LogP contribution in [0.15, 0.2) is 41.3 Å². The van der Waals surface area contributed by atoms with Gasteiger partial charge in [-0.1, -0.05) is 19.9 Å². The summed E-state index contributed by atoms with van der Waals surface area (Å²) in [6.07, 6.45) is 2.74. The molecule has 1 N–H and O–H groups in total. The van der Waals surface area contributed by atoms with E-state index in [4.69, 9.17) is 0 Å². The molecule has 1 amide bonds. The molecule has 6 nitrogen and oxygen atoms in total. The summed E-state index contributed by atoms with van der Waals surface area (Å²) in [5.74, 6) is -0.209. The monoisotopic (exact) mass is 366 g/mol. The Bertz CT molecular complexity index is 1030. The second kappa shape index (κ2) is 8.31. The van der Waals surface area contributed by atoms with Crippen LogP contribution in [0.25, 0.3) is 16.6 Å². The van der Waals surface area contributed by atoms with Crippen LogP contribution < -0.4 is 10.9 Å². The van der Waals surface area contributed by atoms with E-state index in [0.717, 1.165) is 31.6 Å². The van der Waals surface area contributed by atoms with Crippen molar-refractivity contribution in [1.29, 1.82) is 0 Å². The molecule has 27 heavy (non-hydrogen) atoms. The SMILES string of the molecule is CCCN(CC)CCNC(=O)c1cccn2c(=O)c3ccc(C)cc3nc12. The van der Waals surface area contributed by atoms with Gasteiger partial charge in [0.15, 0.2) is 5.65 Å². The molecule has 6 heteroatoms. The third-order valence-corrected chi connectivity index (χ3v) is 4.74. The van der Waals surface area contributed by atoms with Crippen molar-refractivity contribution in [2.75, 3.05) is 26.2 Å². The van der Waals surface area contributed by atoms with Gasteiger partial charge in [0, 0.05) is 19.3 Å². The molecule has 0 aliphatic carbocycles. The van der Waals surface area contributed by atoms with Crippen LogP contribution in [0, 0.1) is 6.92 Å². The predicted octanol–water partition coefficient (Wildman–Crippen LogP) is 2.62. The van der Waals surface area contributed by atoms with Gasteiger partial charge in [0.25, 0.3) is 11.5 Å². The van der Waals surface area contributed by atoms with E-state index in [2.05, 4.69) is 29.0 Å². The van der Waals surface area contributed by atoms with Crippen LogP contribution in [0.3, 0.4) is 0 Å². The van der Waals surface area contributed by atoms with E-state index < -0.39 is 0 Å². The Hall–Kier alpha value is -2.73. The fourth-order valence-corrected chi connectivity index (χ4v) is 3.28. The van der Waals surface area contributed by atoms with Crippen molar-refractivity contribution in [3.8, 4) is 0 Å². The van der Waals surface area contributed by atoms with Gasteiger partial charge in [-0.05, 0) is 56.3 Å². The third-order valence-electron chi connectivity index (χ3n) is 4.74. The summed E-state index contributed by atoms with van der Waals surface area (Å²) in [6, 6.07) is 8.97. The molecule has 0 atom stereocenters. The van der Waals surface area contributed by atoms with E-state index in [-0.39, 0.29) is 11.5 Å². The zero-order chi connectivity index (χ0) is 19.4. The molecule has 2 aromatic heterocycles. The smallest absolute Gasteiger partial charge is 0.265 e. The zero-order valence-electron chi connectivity index (χ0n) is 16.2. The van der Waals surface area contributed by atoms with E-state index >= 15 is 0 Å². The lowest BCUT2D eigenvalue weighted by Gasteiger charge is -2.19. The van der Waals surface area contributed by atoms with Gasteiger partial charge >= 0.3 is 0 Å². The van der Waals surface area contributed by atoms with Gasteiger partial charge in [-0.2, -0.15) is 0 Å². The molecule has 0 fully saturated rings. The van der Waals surface area contributed by atoms with Crippen molar-refractivity contribution in [2.45, 2.75) is 27.2 Å². The second-order valence-electron chi connectivity index (χ2n) is 6.74. The Morgan fingerprint density at radius 3 is 2.78 bits per heavy atom. The van der Waals surface area contributed by atoms with E-state index in [0.29, 0.717) is 28.7 Å². The Morgan fingerprint density at radius 1 is 1.22 bits per heavy atom. The number of carbonyl (C=O) groups excluding carboxylic acids is 1. The van der Waals surface area contributed by atoms with Gasteiger partial charge in [0.1, 0.15) is 0 Å². The normalized spacial score (nSPS) is 11.4. The summed E-state index contributed by atoms with van der Waals surface area (Å²) in [5.41, 5.74) is 2.27. The predicted molar refractivity (Wildman–Crippen MR) is 108 cm³/mol. The van der Waals surface area contributed by atoms with Crippen molar-refractivity contribution in [2.24, 2.45) is 0 Å². The summed E-state index contributed by atoms with van der Waals surface area (Å²) in [4.78, 5) is 32.4. The van der Waals surface area contributed by atoms with Gasteiger partial charge in [-0.3, -0.25) is 14.0 Å². The number of pyridine rings is 1. The number of hydrogen-bond donors (Lipinski definition) is 1. The number of hydrogen-bond acceptors (Lipinski definition) is 4. The van der Waals surface area contributed by atoms with Gasteiger partial charge in [0.05, 0.1) is 16.5 Å². The quantitative estimate of drug-likeness (QED) is 0.653. The maximum atomic E-state index is 12.8. The van der Waals surface area contributed by atoms with E-state index in [1.165, 1.54) is 4.40 Å². The first-order chi connectivity index (χ1) is 13.0. The second-order valence-corrected chi connectivity index (χ2v) is 6.74. The first kappa shape index (κ1) is 19.0. The van der Waals surface area contributed by atoms with Gasteiger partial charge in [0.2, 0.25) is 0 Å². The number of benzene rings is 1. The number of amides is 1. The molecule has 0 bridgehead atoms. The van der Waals surface area contributed by atoms with Crippen LogP contribution in [0.4, 0.5) is 0 Å². The van der Waals surface area contributed by atoms with Crippen molar-refractivity contribution in [1.82, 2.24) is 19.6 Å². The number of aryl methyl sites for hydroxylation is 1. The molecular weight excluding hydrogens is 340 g/mol. The topological polar surface area (TPSA) is 66.7 Å². The summed E-state index contributed by atoms with van der Waals surface area (Å²) in [6.45, 7) is 9.56. The Kier molecular flexibility index (Phi) is 5.86. The molecule has 3 rings (SSSR count). The van der Waals surface area contributed by atoms with Crippen LogP contribution in [-0.4, -0.2) is 46.4 Å². The molecule has 0 unspecified atom stereocenters. The molecule has 0 aliphatic heterocycles. The molecule has 0 radical (unpaired) electrons. The molecular formula is C21H26N4O2. The van der Waals surface area contributed by atoms with E-state index in [1.54, 1.807) is 24.4 Å². The van der Waals surface area contributed by atoms with Gasteiger partial charge in [-0.15, -0.1) is 0 Å². The van der Waals surface area contributed by atoms with Crippen LogP contribution in [0.5, 0.6) is 0 Å². The van der Waals surface area contributed by atoms with E-state index in [1.807, 2.05) is 19.1 Å². The molecule has 1 aromatic carbocycles. The number of aromatic nitrogens is 2. The highest BCUT2D eigenvalue weighted by molar-refractivity contribution is 6.00. The van der Waals surface area contributed by atoms with Crippen LogP contribution in [0.1, 0.15) is 36.2 Å². The molecule has 0 saturated heterocycles. The third kappa shape index (κ3) is 4.01. The zero-order valence-corrected chi connectivity index (χ0v) is 16.2. The molecule has 0 aliphatic rings. The number of likely N-dealkylation sites (N-methyl/N-ethyl adjacent to an activating group) is 1. The van der Waals surface area contributed by atoms with Gasteiger partial charge in [-0.25, -0.2) is 4.98 Å². The minimum absolute atomic E-state index is 0.162. The number of nitrogens with one attached hydrogen (secondary N) is 1. The first-order valence-electron chi connectivity index (χ1n) is 9.47. The maximum absolute atomic E-state index is 12.8. The maximum Gasteiger partial charge on any atom is 0.265 e. The minimum atomic E-state index is -0.209. The van der Waals surface area contributed by atoms with Crippen molar-refractivity contribution in [3.05, 3.63) is 58.0 Å². The summed E-state index contributed by atoms with van der Waals surface area (Å²) >= 11 is 0. The number of rotatable bonds is 7. The Balaban J connectivity index is 1.91. The minimum Gasteiger partial charge on any atom is -0.351 e. The summed E-state index contributed by atoms with van der Waals surface area (Å²) in [7, 11) is 0. The summed E-state index contributed by atoms with van der Waals surface area (Å²) < 4.78 is 1.45. The largest absolute Gasteiger partial charge is 0.351 e. The van der Waals surface area contributed by atoms with Crippen LogP contribution >= 0.6 is 0 Å². The van der Waals surface area contributed by atoms with Gasteiger partial charge < -0.3 is 10.2 Å². The molecule has 0 spiro atoms. The number of carbonyl (C=O) groups is 1. The van der Waals surface area contributed by atoms with Crippen LogP contribution in [-0.2, 0) is 0 Å². The average molecular weight is 366 g/mol. The van der Waals surface area contributed by atoms with Crippen molar-refractivity contribution < 1.29 is 4.79 Å². The molecule has 2 heterocycles. The van der Waals surface area contributed by atoms with E-state index in [9.17, 15) is 9.59 Å². The van der Waals surface area contributed by atoms with Crippen molar-refractivity contribution >= 4 is 22.5 Å². The average Bonchev–Trinajstić information content (AvgIpc) is 2.66. The fourth-order valence-electron chi connectivity index (χ4n) is 3.28. The first-order valence-corrected chi connectivity index (χ1v) is 9.47. The van der Waals surface area contributed by atoms with Crippen molar-refractivity contribution in [3.63, 3.8) is 0 Å². The highest BCUT2D eigenvalue weighted by Crippen LogP contribution is 2.14. The fraction of sp³-hybridized carbons (Fsp3) is 0.381. The molecule has 0 saturated carbocycles.